The predicted molar refractivity (Wildman–Crippen MR) is 91.7 cm³/mol. The molecule has 0 aliphatic carbocycles. The first-order valence-corrected chi connectivity index (χ1v) is 8.16. The van der Waals surface area contributed by atoms with Crippen molar-refractivity contribution in [3.8, 4) is 0 Å². The van der Waals surface area contributed by atoms with Gasteiger partial charge in [-0.1, -0.05) is 26.2 Å². The first kappa shape index (κ1) is 19.1. The Labute approximate surface area is 138 Å². The van der Waals surface area contributed by atoms with Gasteiger partial charge in [-0.25, -0.2) is 4.79 Å². The van der Waals surface area contributed by atoms with Crippen molar-refractivity contribution in [2.45, 2.75) is 59.0 Å². The summed E-state index contributed by atoms with van der Waals surface area (Å²) < 4.78 is 10.3. The molecule has 6 heteroatoms. The van der Waals surface area contributed by atoms with E-state index in [4.69, 9.17) is 9.15 Å². The van der Waals surface area contributed by atoms with Gasteiger partial charge in [0.05, 0.1) is 13.7 Å². The predicted octanol–water partition coefficient (Wildman–Crippen LogP) is 3.01. The molecule has 1 atom stereocenters. The number of hydrogen-bond donors (Lipinski definition) is 2. The molecule has 6 nitrogen and oxygen atoms in total. The summed E-state index contributed by atoms with van der Waals surface area (Å²) >= 11 is 0. The first-order chi connectivity index (χ1) is 11.0. The average molecular weight is 323 g/mol. The van der Waals surface area contributed by atoms with Crippen LogP contribution in [-0.2, 0) is 11.3 Å². The van der Waals surface area contributed by atoms with Crippen molar-refractivity contribution < 1.29 is 13.9 Å². The van der Waals surface area contributed by atoms with E-state index in [9.17, 15) is 4.79 Å². The van der Waals surface area contributed by atoms with Crippen LogP contribution in [-0.4, -0.2) is 32.1 Å². The van der Waals surface area contributed by atoms with Gasteiger partial charge in [-0.3, -0.25) is 4.99 Å². The Balaban J connectivity index is 2.50. The summed E-state index contributed by atoms with van der Waals surface area (Å²) in [7, 11) is 3.10. The zero-order valence-corrected chi connectivity index (χ0v) is 14.9. The molecule has 0 aliphatic heterocycles. The standard InChI is InChI=1S/C17H29N3O3/c1-6-7-8-9-12(2)20-17(18-4)19-11-14-10-15(13(3)23-14)16(21)22-5/h10,12H,6-9,11H2,1-5H3,(H2,18,19,20). The van der Waals surface area contributed by atoms with Crippen molar-refractivity contribution in [1.82, 2.24) is 10.6 Å². The highest BCUT2D eigenvalue weighted by molar-refractivity contribution is 5.90. The van der Waals surface area contributed by atoms with Crippen LogP contribution in [0.3, 0.4) is 0 Å². The van der Waals surface area contributed by atoms with Gasteiger partial charge in [0.15, 0.2) is 5.96 Å². The summed E-state index contributed by atoms with van der Waals surface area (Å²) in [6.45, 7) is 6.55. The fourth-order valence-corrected chi connectivity index (χ4v) is 2.31. The summed E-state index contributed by atoms with van der Waals surface area (Å²) in [4.78, 5) is 15.8. The van der Waals surface area contributed by atoms with E-state index in [0.717, 1.165) is 12.4 Å². The van der Waals surface area contributed by atoms with Gasteiger partial charge in [-0.2, -0.15) is 0 Å². The average Bonchev–Trinajstić information content (AvgIpc) is 2.91. The molecular formula is C17H29N3O3. The van der Waals surface area contributed by atoms with E-state index < -0.39 is 0 Å². The van der Waals surface area contributed by atoms with E-state index in [1.54, 1.807) is 20.0 Å². The number of rotatable bonds is 8. The number of carbonyl (C=O) groups is 1. The summed E-state index contributed by atoms with van der Waals surface area (Å²) in [5.41, 5.74) is 0.459. The fourth-order valence-electron chi connectivity index (χ4n) is 2.31. The van der Waals surface area contributed by atoms with E-state index >= 15 is 0 Å². The number of ether oxygens (including phenoxy) is 1. The van der Waals surface area contributed by atoms with Gasteiger partial charge in [0.25, 0.3) is 0 Å². The van der Waals surface area contributed by atoms with E-state index in [-0.39, 0.29) is 5.97 Å². The maximum atomic E-state index is 11.6. The maximum absolute atomic E-state index is 11.6. The minimum Gasteiger partial charge on any atom is -0.465 e. The van der Waals surface area contributed by atoms with Crippen molar-refractivity contribution in [1.29, 1.82) is 0 Å². The summed E-state index contributed by atoms with van der Waals surface area (Å²) in [5, 5.41) is 6.55. The molecule has 0 fully saturated rings. The van der Waals surface area contributed by atoms with Crippen LogP contribution in [0.4, 0.5) is 0 Å². The van der Waals surface area contributed by atoms with Crippen LogP contribution in [0.1, 0.15) is 61.4 Å². The van der Waals surface area contributed by atoms with Crippen LogP contribution in [0.25, 0.3) is 0 Å². The number of nitrogens with one attached hydrogen (secondary N) is 2. The highest BCUT2D eigenvalue weighted by atomic mass is 16.5. The van der Waals surface area contributed by atoms with Gasteiger partial charge >= 0.3 is 5.97 Å². The van der Waals surface area contributed by atoms with Crippen molar-refractivity contribution in [3.05, 3.63) is 23.2 Å². The molecule has 1 unspecified atom stereocenters. The molecule has 0 saturated heterocycles. The first-order valence-electron chi connectivity index (χ1n) is 8.16. The second kappa shape index (κ2) is 9.92. The lowest BCUT2D eigenvalue weighted by Gasteiger charge is -2.17. The molecule has 0 spiro atoms. The zero-order valence-electron chi connectivity index (χ0n) is 14.9. The Morgan fingerprint density at radius 3 is 2.78 bits per heavy atom. The molecule has 1 aromatic heterocycles. The van der Waals surface area contributed by atoms with Gasteiger partial charge in [0.1, 0.15) is 17.1 Å². The van der Waals surface area contributed by atoms with Crippen molar-refractivity contribution in [3.63, 3.8) is 0 Å². The van der Waals surface area contributed by atoms with Crippen LogP contribution < -0.4 is 10.6 Å². The second-order valence-electron chi connectivity index (χ2n) is 5.64. The number of furan rings is 1. The molecule has 1 rings (SSSR count). The number of aryl methyl sites for hydroxylation is 1. The molecular weight excluding hydrogens is 294 g/mol. The molecule has 0 aromatic carbocycles. The number of aliphatic imine (C=N–C) groups is 1. The molecule has 23 heavy (non-hydrogen) atoms. The minimum atomic E-state index is -0.385. The fraction of sp³-hybridized carbons (Fsp3) is 0.647. The number of unbranched alkanes of at least 4 members (excludes halogenated alkanes) is 2. The summed E-state index contributed by atoms with van der Waals surface area (Å²) in [6, 6.07) is 2.06. The van der Waals surface area contributed by atoms with Gasteiger partial charge in [-0.15, -0.1) is 0 Å². The molecule has 0 amide bonds. The van der Waals surface area contributed by atoms with Crippen LogP contribution >= 0.6 is 0 Å². The third-order valence-corrected chi connectivity index (χ3v) is 3.65. The molecule has 0 saturated carbocycles. The second-order valence-corrected chi connectivity index (χ2v) is 5.64. The van der Waals surface area contributed by atoms with E-state index in [1.165, 1.54) is 26.4 Å². The molecule has 0 aliphatic rings. The van der Waals surface area contributed by atoms with Crippen molar-refractivity contribution >= 4 is 11.9 Å². The van der Waals surface area contributed by atoms with Crippen LogP contribution in [0.15, 0.2) is 15.5 Å². The Hall–Kier alpha value is -1.98. The highest BCUT2D eigenvalue weighted by Gasteiger charge is 2.15. The smallest absolute Gasteiger partial charge is 0.341 e. The number of guanidine groups is 1. The molecule has 0 radical (unpaired) electrons. The third kappa shape index (κ3) is 6.34. The molecule has 1 aromatic rings. The minimum absolute atomic E-state index is 0.358. The Morgan fingerprint density at radius 2 is 2.17 bits per heavy atom. The lowest BCUT2D eigenvalue weighted by atomic mass is 10.1. The van der Waals surface area contributed by atoms with Gasteiger partial charge in [0, 0.05) is 13.1 Å². The van der Waals surface area contributed by atoms with Gasteiger partial charge < -0.3 is 19.8 Å². The van der Waals surface area contributed by atoms with Crippen LogP contribution in [0.2, 0.25) is 0 Å². The Bertz CT molecular complexity index is 523. The lowest BCUT2D eigenvalue weighted by molar-refractivity contribution is 0.0599. The highest BCUT2D eigenvalue weighted by Crippen LogP contribution is 2.15. The Morgan fingerprint density at radius 1 is 1.43 bits per heavy atom. The number of carbonyl (C=O) groups excluding carboxylic acids is 1. The number of hydrogen-bond acceptors (Lipinski definition) is 4. The van der Waals surface area contributed by atoms with Crippen molar-refractivity contribution in [2.24, 2.45) is 4.99 Å². The number of esters is 1. The van der Waals surface area contributed by atoms with Gasteiger partial charge in [-0.05, 0) is 26.3 Å². The Kier molecular flexibility index (Phi) is 8.22. The maximum Gasteiger partial charge on any atom is 0.341 e. The molecule has 1 heterocycles. The normalized spacial score (nSPS) is 12.8. The van der Waals surface area contributed by atoms with E-state index in [0.29, 0.717) is 29.7 Å². The lowest BCUT2D eigenvalue weighted by Crippen LogP contribution is -2.41. The monoisotopic (exact) mass is 323 g/mol. The molecule has 130 valence electrons. The molecule has 2 N–H and O–H groups in total. The number of methoxy groups -OCH3 is 1. The number of nitrogens with zero attached hydrogens (tertiary/aromatic N) is 1. The topological polar surface area (TPSA) is 75.9 Å². The quantitative estimate of drug-likeness (QED) is 0.333. The summed E-state index contributed by atoms with van der Waals surface area (Å²) in [5.74, 6) is 1.57. The SMILES string of the molecule is CCCCCC(C)NC(=NC)NCc1cc(C(=O)OC)c(C)o1. The van der Waals surface area contributed by atoms with E-state index in [2.05, 4.69) is 29.5 Å². The third-order valence-electron chi connectivity index (χ3n) is 3.65. The molecule has 0 bridgehead atoms. The van der Waals surface area contributed by atoms with Crippen LogP contribution in [0, 0.1) is 6.92 Å². The zero-order chi connectivity index (χ0) is 17.2. The van der Waals surface area contributed by atoms with Crippen molar-refractivity contribution in [2.75, 3.05) is 14.2 Å². The summed E-state index contributed by atoms with van der Waals surface area (Å²) in [6.07, 6.45) is 4.79. The van der Waals surface area contributed by atoms with Gasteiger partial charge in [0.2, 0.25) is 0 Å². The van der Waals surface area contributed by atoms with E-state index in [1.807, 2.05) is 0 Å². The largest absolute Gasteiger partial charge is 0.465 e. The van der Waals surface area contributed by atoms with Crippen LogP contribution in [0.5, 0.6) is 0 Å².